The zero-order chi connectivity index (χ0) is 15.0. The van der Waals surface area contributed by atoms with Crippen molar-refractivity contribution in [2.75, 3.05) is 26.2 Å². The molecule has 1 N–H and O–H groups in total. The molecule has 0 saturated carbocycles. The summed E-state index contributed by atoms with van der Waals surface area (Å²) in [6.45, 7) is 13.1. The van der Waals surface area contributed by atoms with Crippen molar-refractivity contribution in [2.24, 2.45) is 0 Å². The van der Waals surface area contributed by atoms with Crippen molar-refractivity contribution < 1.29 is 4.74 Å². The molecule has 1 rings (SSSR count). The van der Waals surface area contributed by atoms with Crippen LogP contribution in [-0.4, -0.2) is 37.2 Å². The summed E-state index contributed by atoms with van der Waals surface area (Å²) < 4.78 is 5.76. The molecule has 0 saturated heterocycles. The quantitative estimate of drug-likeness (QED) is 0.754. The smallest absolute Gasteiger partial charge is 0.137 e. The van der Waals surface area contributed by atoms with Crippen molar-refractivity contribution in [3.05, 3.63) is 28.8 Å². The van der Waals surface area contributed by atoms with E-state index < -0.39 is 0 Å². The zero-order valence-corrected chi connectivity index (χ0v) is 13.8. The molecule has 1 aromatic carbocycles. The largest absolute Gasteiger partial charge is 0.491 e. The van der Waals surface area contributed by atoms with Gasteiger partial charge in [-0.1, -0.05) is 45.4 Å². The van der Waals surface area contributed by atoms with E-state index in [1.54, 1.807) is 0 Å². The first kappa shape index (κ1) is 17.3. The van der Waals surface area contributed by atoms with Gasteiger partial charge in [-0.05, 0) is 30.8 Å². The highest BCUT2D eigenvalue weighted by Crippen LogP contribution is 2.25. The molecule has 0 unspecified atom stereocenters. The first-order chi connectivity index (χ1) is 9.56. The molecule has 0 bridgehead atoms. The number of nitrogens with zero attached hydrogens (tertiary/aromatic N) is 1. The van der Waals surface area contributed by atoms with E-state index >= 15 is 0 Å². The van der Waals surface area contributed by atoms with Crippen LogP contribution in [0.3, 0.4) is 0 Å². The summed E-state index contributed by atoms with van der Waals surface area (Å²) >= 11 is 6.26. The lowest BCUT2D eigenvalue weighted by atomic mass is 10.2. The van der Waals surface area contributed by atoms with Crippen LogP contribution < -0.4 is 10.1 Å². The van der Waals surface area contributed by atoms with Crippen LogP contribution in [-0.2, 0) is 6.54 Å². The molecule has 3 nitrogen and oxygen atoms in total. The number of hydrogen-bond acceptors (Lipinski definition) is 3. The van der Waals surface area contributed by atoms with E-state index in [-0.39, 0.29) is 0 Å². The highest BCUT2D eigenvalue weighted by Gasteiger charge is 2.05. The number of halogens is 1. The van der Waals surface area contributed by atoms with Gasteiger partial charge in [0.1, 0.15) is 12.4 Å². The molecule has 1 aromatic rings. The lowest BCUT2D eigenvalue weighted by molar-refractivity contribution is 0.223. The molecule has 0 fully saturated rings. The van der Waals surface area contributed by atoms with Gasteiger partial charge in [-0.2, -0.15) is 0 Å². The molecule has 4 heteroatoms. The minimum atomic E-state index is 0.471. The van der Waals surface area contributed by atoms with E-state index in [2.05, 4.69) is 44.0 Å². The van der Waals surface area contributed by atoms with Crippen LogP contribution in [0.25, 0.3) is 0 Å². The molecule has 0 aliphatic carbocycles. The predicted octanol–water partition coefficient (Wildman–Crippen LogP) is 3.56. The molecular weight excluding hydrogens is 272 g/mol. The van der Waals surface area contributed by atoms with Crippen LogP contribution in [0.5, 0.6) is 5.75 Å². The third-order valence-corrected chi connectivity index (χ3v) is 3.57. The van der Waals surface area contributed by atoms with Gasteiger partial charge in [0.2, 0.25) is 0 Å². The highest BCUT2D eigenvalue weighted by molar-refractivity contribution is 6.32. The van der Waals surface area contributed by atoms with Gasteiger partial charge >= 0.3 is 0 Å². The average Bonchev–Trinajstić information content (AvgIpc) is 2.43. The lowest BCUT2D eigenvalue weighted by Crippen LogP contribution is -2.27. The summed E-state index contributed by atoms with van der Waals surface area (Å²) in [6, 6.07) is 6.47. The summed E-state index contributed by atoms with van der Waals surface area (Å²) in [7, 11) is 0. The Labute approximate surface area is 128 Å². The zero-order valence-electron chi connectivity index (χ0n) is 13.1. The normalized spacial score (nSPS) is 11.3. The van der Waals surface area contributed by atoms with E-state index in [0.717, 1.165) is 31.9 Å². The second-order valence-electron chi connectivity index (χ2n) is 5.18. The van der Waals surface area contributed by atoms with Crippen LogP contribution >= 0.6 is 11.6 Å². The minimum Gasteiger partial charge on any atom is -0.491 e. The number of likely N-dealkylation sites (N-methyl/N-ethyl adjacent to an activating group) is 1. The van der Waals surface area contributed by atoms with E-state index in [9.17, 15) is 0 Å². The van der Waals surface area contributed by atoms with Gasteiger partial charge in [0.15, 0.2) is 0 Å². The van der Waals surface area contributed by atoms with Gasteiger partial charge in [-0.15, -0.1) is 0 Å². The molecule has 114 valence electrons. The molecule has 0 amide bonds. The fraction of sp³-hybridized carbons (Fsp3) is 0.625. The third kappa shape index (κ3) is 6.12. The van der Waals surface area contributed by atoms with E-state index in [0.29, 0.717) is 17.7 Å². The van der Waals surface area contributed by atoms with Gasteiger partial charge < -0.3 is 15.0 Å². The molecule has 0 radical (unpaired) electrons. The van der Waals surface area contributed by atoms with Crippen molar-refractivity contribution in [2.45, 2.75) is 40.3 Å². The fourth-order valence-electron chi connectivity index (χ4n) is 1.92. The Balaban J connectivity index is 2.47. The first-order valence-electron chi connectivity index (χ1n) is 7.43. The maximum absolute atomic E-state index is 6.26. The maximum Gasteiger partial charge on any atom is 0.137 e. The van der Waals surface area contributed by atoms with Crippen molar-refractivity contribution in [3.63, 3.8) is 0 Å². The Kier molecular flexibility index (Phi) is 7.97. The molecule has 0 aliphatic heterocycles. The van der Waals surface area contributed by atoms with Crippen molar-refractivity contribution in [1.29, 1.82) is 0 Å². The Morgan fingerprint density at radius 1 is 1.25 bits per heavy atom. The van der Waals surface area contributed by atoms with Crippen LogP contribution in [0.15, 0.2) is 18.2 Å². The molecular formula is C16H27ClN2O. The molecule has 0 spiro atoms. The first-order valence-corrected chi connectivity index (χ1v) is 7.81. The average molecular weight is 299 g/mol. The SMILES string of the molecule is CCN(CC)CCOc1ccc(CNC(C)C)cc1Cl. The van der Waals surface area contributed by atoms with Crippen LogP contribution in [0.4, 0.5) is 0 Å². The van der Waals surface area contributed by atoms with Gasteiger partial charge in [0.25, 0.3) is 0 Å². The molecule has 0 aliphatic rings. The third-order valence-electron chi connectivity index (χ3n) is 3.27. The molecule has 0 atom stereocenters. The van der Waals surface area contributed by atoms with E-state index in [1.807, 2.05) is 12.1 Å². The van der Waals surface area contributed by atoms with Gasteiger partial charge in [-0.25, -0.2) is 0 Å². The molecule has 0 aromatic heterocycles. The summed E-state index contributed by atoms with van der Waals surface area (Å²) in [4.78, 5) is 2.33. The highest BCUT2D eigenvalue weighted by atomic mass is 35.5. The Morgan fingerprint density at radius 3 is 2.50 bits per heavy atom. The Bertz CT molecular complexity index is 392. The fourth-order valence-corrected chi connectivity index (χ4v) is 2.18. The van der Waals surface area contributed by atoms with Gasteiger partial charge in [-0.3, -0.25) is 0 Å². The Hall–Kier alpha value is -0.770. The number of ether oxygens (including phenoxy) is 1. The van der Waals surface area contributed by atoms with Gasteiger partial charge in [0, 0.05) is 19.1 Å². The predicted molar refractivity (Wildman–Crippen MR) is 86.7 cm³/mol. The van der Waals surface area contributed by atoms with E-state index in [1.165, 1.54) is 5.56 Å². The maximum atomic E-state index is 6.26. The van der Waals surface area contributed by atoms with Gasteiger partial charge in [0.05, 0.1) is 5.02 Å². The van der Waals surface area contributed by atoms with Crippen LogP contribution in [0.2, 0.25) is 5.02 Å². The number of benzene rings is 1. The number of rotatable bonds is 9. The van der Waals surface area contributed by atoms with Crippen LogP contribution in [0.1, 0.15) is 33.3 Å². The summed E-state index contributed by atoms with van der Waals surface area (Å²) in [5, 5.41) is 4.06. The topological polar surface area (TPSA) is 24.5 Å². The minimum absolute atomic E-state index is 0.471. The monoisotopic (exact) mass is 298 g/mol. The lowest BCUT2D eigenvalue weighted by Gasteiger charge is -2.18. The molecule has 0 heterocycles. The number of hydrogen-bond donors (Lipinski definition) is 1. The summed E-state index contributed by atoms with van der Waals surface area (Å²) in [5.74, 6) is 0.770. The van der Waals surface area contributed by atoms with Crippen molar-refractivity contribution in [1.82, 2.24) is 10.2 Å². The summed E-state index contributed by atoms with van der Waals surface area (Å²) in [5.41, 5.74) is 1.18. The summed E-state index contributed by atoms with van der Waals surface area (Å²) in [6.07, 6.45) is 0. The Morgan fingerprint density at radius 2 is 1.95 bits per heavy atom. The van der Waals surface area contributed by atoms with Crippen molar-refractivity contribution >= 4 is 11.6 Å². The molecule has 20 heavy (non-hydrogen) atoms. The second kappa shape index (κ2) is 9.22. The standard InChI is InChI=1S/C16H27ClN2O/c1-5-19(6-2)9-10-20-16-8-7-14(11-15(16)17)12-18-13(3)4/h7-8,11,13,18H,5-6,9-10,12H2,1-4H3. The number of nitrogens with one attached hydrogen (secondary N) is 1. The van der Waals surface area contributed by atoms with Crippen LogP contribution in [0, 0.1) is 0 Å². The van der Waals surface area contributed by atoms with Crippen molar-refractivity contribution in [3.8, 4) is 5.75 Å². The van der Waals surface area contributed by atoms with E-state index in [4.69, 9.17) is 16.3 Å². The second-order valence-corrected chi connectivity index (χ2v) is 5.58.